The number of para-hydroxylation sites is 1. The summed E-state index contributed by atoms with van der Waals surface area (Å²) in [6, 6.07) is 19.5. The van der Waals surface area contributed by atoms with Gasteiger partial charge >= 0.3 is 6.03 Å². The number of urea groups is 1. The van der Waals surface area contributed by atoms with Gasteiger partial charge in [-0.25, -0.2) is 4.79 Å². The number of amides is 4. The first-order valence-corrected chi connectivity index (χ1v) is 12.0. The largest absolute Gasteiger partial charge is 0.493 e. The fraction of sp³-hybridized carbons (Fsp3) is 0.296. The van der Waals surface area contributed by atoms with Gasteiger partial charge in [-0.1, -0.05) is 18.2 Å². The second-order valence-electron chi connectivity index (χ2n) is 8.52. The first kappa shape index (κ1) is 24.8. The molecule has 1 aliphatic rings. The van der Waals surface area contributed by atoms with Crippen molar-refractivity contribution in [2.24, 2.45) is 5.92 Å². The number of ether oxygens (including phenoxy) is 1. The molecule has 3 N–H and O–H groups in total. The van der Waals surface area contributed by atoms with Gasteiger partial charge in [0.05, 0.1) is 25.8 Å². The van der Waals surface area contributed by atoms with Crippen molar-refractivity contribution < 1.29 is 23.5 Å². The zero-order valence-electron chi connectivity index (χ0n) is 19.9. The molecule has 0 bridgehead atoms. The molecule has 1 aliphatic heterocycles. The van der Waals surface area contributed by atoms with Crippen LogP contribution in [0.2, 0.25) is 0 Å². The average Bonchev–Trinajstić information content (AvgIpc) is 3.43. The number of hydrogen-bond acceptors (Lipinski definition) is 5. The maximum Gasteiger partial charge on any atom is 0.319 e. The summed E-state index contributed by atoms with van der Waals surface area (Å²) in [7, 11) is 0. The fourth-order valence-electron chi connectivity index (χ4n) is 3.96. The molecule has 1 fully saturated rings. The third kappa shape index (κ3) is 7.36. The second kappa shape index (κ2) is 12.4. The lowest BCUT2D eigenvalue weighted by Crippen LogP contribution is -2.41. The molecule has 4 amide bonds. The van der Waals surface area contributed by atoms with Crippen molar-refractivity contribution in [3.05, 3.63) is 78.8 Å². The number of hydrogen-bond donors (Lipinski definition) is 3. The molecule has 2 heterocycles. The van der Waals surface area contributed by atoms with Gasteiger partial charge in [0.2, 0.25) is 11.8 Å². The summed E-state index contributed by atoms with van der Waals surface area (Å²) >= 11 is 0. The molecule has 188 valence electrons. The molecule has 0 radical (unpaired) electrons. The smallest absolute Gasteiger partial charge is 0.319 e. The van der Waals surface area contributed by atoms with Crippen LogP contribution in [0, 0.1) is 5.92 Å². The van der Waals surface area contributed by atoms with E-state index in [-0.39, 0.29) is 23.8 Å². The molecular weight excluding hydrogens is 460 g/mol. The molecule has 4 rings (SSSR count). The molecule has 0 saturated carbocycles. The first-order chi connectivity index (χ1) is 17.6. The number of anilines is 2. The van der Waals surface area contributed by atoms with E-state index in [1.54, 1.807) is 47.6 Å². The van der Waals surface area contributed by atoms with Gasteiger partial charge in [-0.05, 0) is 61.4 Å². The topological polar surface area (TPSA) is 113 Å². The number of carbonyl (C=O) groups is 3. The van der Waals surface area contributed by atoms with Crippen LogP contribution in [0.25, 0.3) is 0 Å². The highest BCUT2D eigenvalue weighted by Crippen LogP contribution is 2.21. The Morgan fingerprint density at radius 2 is 1.58 bits per heavy atom. The molecule has 9 heteroatoms. The molecule has 9 nitrogen and oxygen atoms in total. The number of rotatable bonds is 9. The van der Waals surface area contributed by atoms with Crippen LogP contribution in [-0.4, -0.2) is 42.4 Å². The minimum absolute atomic E-state index is 0.0427. The minimum atomic E-state index is -0.351. The van der Waals surface area contributed by atoms with Crippen molar-refractivity contribution in [1.82, 2.24) is 10.2 Å². The van der Waals surface area contributed by atoms with Crippen LogP contribution in [0.4, 0.5) is 16.2 Å². The van der Waals surface area contributed by atoms with Crippen LogP contribution in [0.3, 0.4) is 0 Å². The Balaban J connectivity index is 1.15. The molecule has 36 heavy (non-hydrogen) atoms. The summed E-state index contributed by atoms with van der Waals surface area (Å²) < 4.78 is 10.8. The summed E-state index contributed by atoms with van der Waals surface area (Å²) in [4.78, 5) is 39.0. The van der Waals surface area contributed by atoms with Crippen molar-refractivity contribution in [2.45, 2.75) is 25.8 Å². The van der Waals surface area contributed by atoms with Gasteiger partial charge in [0.15, 0.2) is 0 Å². The van der Waals surface area contributed by atoms with Crippen LogP contribution in [-0.2, 0) is 16.1 Å². The van der Waals surface area contributed by atoms with E-state index in [4.69, 9.17) is 9.15 Å². The lowest BCUT2D eigenvalue weighted by Gasteiger charge is -2.31. The van der Waals surface area contributed by atoms with Crippen LogP contribution < -0.4 is 20.7 Å². The Morgan fingerprint density at radius 1 is 0.889 bits per heavy atom. The van der Waals surface area contributed by atoms with Crippen molar-refractivity contribution >= 4 is 29.2 Å². The van der Waals surface area contributed by atoms with Gasteiger partial charge < -0.3 is 30.0 Å². The fourth-order valence-corrected chi connectivity index (χ4v) is 3.96. The summed E-state index contributed by atoms with van der Waals surface area (Å²) in [6.07, 6.45) is 3.10. The number of nitrogens with one attached hydrogen (secondary N) is 3. The zero-order valence-corrected chi connectivity index (χ0v) is 19.9. The molecule has 3 aromatic rings. The molecule has 2 aromatic carbocycles. The van der Waals surface area contributed by atoms with Crippen LogP contribution in [0.1, 0.15) is 25.0 Å². The summed E-state index contributed by atoms with van der Waals surface area (Å²) in [6.45, 7) is 1.73. The Kier molecular flexibility index (Phi) is 8.58. The Bertz CT molecular complexity index is 1120. The second-order valence-corrected chi connectivity index (χ2v) is 8.52. The van der Waals surface area contributed by atoms with Crippen molar-refractivity contribution in [2.75, 3.05) is 30.3 Å². The van der Waals surface area contributed by atoms with Crippen LogP contribution in [0.5, 0.6) is 5.75 Å². The van der Waals surface area contributed by atoms with Crippen LogP contribution >= 0.6 is 0 Å². The maximum atomic E-state index is 12.7. The van der Waals surface area contributed by atoms with Crippen molar-refractivity contribution in [1.29, 1.82) is 0 Å². The molecular formula is C27H30N4O5. The van der Waals surface area contributed by atoms with Gasteiger partial charge in [0, 0.05) is 30.4 Å². The summed E-state index contributed by atoms with van der Waals surface area (Å²) in [5.74, 6) is 1.24. The third-order valence-corrected chi connectivity index (χ3v) is 5.96. The lowest BCUT2D eigenvalue weighted by molar-refractivity contribution is -0.135. The predicted octanol–water partition coefficient (Wildman–Crippen LogP) is 4.25. The van der Waals surface area contributed by atoms with Crippen LogP contribution in [0.15, 0.2) is 77.4 Å². The number of carbonyl (C=O) groups excluding carboxylic acids is 3. The lowest BCUT2D eigenvalue weighted by atomic mass is 9.95. The molecule has 0 unspecified atom stereocenters. The number of piperidine rings is 1. The highest BCUT2D eigenvalue weighted by molar-refractivity contribution is 5.93. The highest BCUT2D eigenvalue weighted by Gasteiger charge is 2.27. The van der Waals surface area contributed by atoms with E-state index in [2.05, 4.69) is 16.0 Å². The quantitative estimate of drug-likeness (QED) is 0.415. The van der Waals surface area contributed by atoms with Gasteiger partial charge in [-0.3, -0.25) is 9.59 Å². The van der Waals surface area contributed by atoms with E-state index in [0.717, 1.165) is 5.75 Å². The van der Waals surface area contributed by atoms with E-state index < -0.39 is 0 Å². The Labute approximate surface area is 209 Å². The Hall–Kier alpha value is -4.27. The molecule has 1 aromatic heterocycles. The zero-order chi connectivity index (χ0) is 25.2. The third-order valence-electron chi connectivity index (χ3n) is 5.96. The van der Waals surface area contributed by atoms with Gasteiger partial charge in [0.25, 0.3) is 0 Å². The molecule has 1 saturated heterocycles. The molecule has 0 aliphatic carbocycles. The minimum Gasteiger partial charge on any atom is -0.493 e. The van der Waals surface area contributed by atoms with Gasteiger partial charge in [-0.15, -0.1) is 0 Å². The molecule has 0 atom stereocenters. The van der Waals surface area contributed by atoms with Crippen molar-refractivity contribution in [3.63, 3.8) is 0 Å². The average molecular weight is 491 g/mol. The number of likely N-dealkylation sites (tertiary alicyclic amines) is 1. The normalized spacial score (nSPS) is 13.6. The maximum absolute atomic E-state index is 12.7. The standard InChI is InChI=1S/C27H30N4O5/c32-25(14-18-36-23-5-2-1-3-6-23)31-15-12-20(13-16-31)26(33)29-21-8-10-22(11-9-21)30-27(34)28-19-24-7-4-17-35-24/h1-11,17,20H,12-16,18-19H2,(H,29,33)(H2,28,30,34). The van der Waals surface area contributed by atoms with Gasteiger partial charge in [-0.2, -0.15) is 0 Å². The predicted molar refractivity (Wildman–Crippen MR) is 135 cm³/mol. The monoisotopic (exact) mass is 490 g/mol. The molecule has 0 spiro atoms. The number of furan rings is 1. The Morgan fingerprint density at radius 3 is 2.25 bits per heavy atom. The number of nitrogens with zero attached hydrogens (tertiary/aromatic N) is 1. The SMILES string of the molecule is O=C(NCc1ccco1)Nc1ccc(NC(=O)C2CCN(C(=O)CCOc3ccccc3)CC2)cc1. The summed E-state index contributed by atoms with van der Waals surface area (Å²) in [5.41, 5.74) is 1.26. The van der Waals surface area contributed by atoms with E-state index in [9.17, 15) is 14.4 Å². The van der Waals surface area contributed by atoms with Crippen molar-refractivity contribution in [3.8, 4) is 5.75 Å². The highest BCUT2D eigenvalue weighted by atomic mass is 16.5. The summed E-state index contributed by atoms with van der Waals surface area (Å²) in [5, 5.41) is 8.37. The van der Waals surface area contributed by atoms with E-state index >= 15 is 0 Å². The van der Waals surface area contributed by atoms with E-state index in [1.165, 1.54) is 0 Å². The first-order valence-electron chi connectivity index (χ1n) is 12.0. The van der Waals surface area contributed by atoms with E-state index in [1.807, 2.05) is 30.3 Å². The number of benzene rings is 2. The van der Waals surface area contributed by atoms with Gasteiger partial charge in [0.1, 0.15) is 11.5 Å². The van der Waals surface area contributed by atoms with E-state index in [0.29, 0.717) is 62.6 Å².